The molecule has 0 amide bonds. The maximum absolute atomic E-state index is 13.3. The molecule has 3 nitrogen and oxygen atoms in total. The van der Waals surface area contributed by atoms with Crippen molar-refractivity contribution in [2.75, 3.05) is 0 Å². The van der Waals surface area contributed by atoms with Crippen molar-refractivity contribution in [1.82, 2.24) is 0 Å². The van der Waals surface area contributed by atoms with Crippen LogP contribution in [0.2, 0.25) is 5.02 Å². The van der Waals surface area contributed by atoms with Crippen LogP contribution in [-0.2, 0) is 10.3 Å². The van der Waals surface area contributed by atoms with E-state index < -0.39 is 17.5 Å². The van der Waals surface area contributed by atoms with Crippen molar-refractivity contribution in [3.05, 3.63) is 64.9 Å². The number of halogens is 2. The summed E-state index contributed by atoms with van der Waals surface area (Å²) in [5.74, 6) is -0.302. The van der Waals surface area contributed by atoms with Gasteiger partial charge in [-0.15, -0.1) is 0 Å². The first-order chi connectivity index (χ1) is 11.0. The van der Waals surface area contributed by atoms with Crippen molar-refractivity contribution in [2.45, 2.75) is 30.9 Å². The lowest BCUT2D eigenvalue weighted by atomic mass is 9.75. The minimum atomic E-state index is -1.17. The van der Waals surface area contributed by atoms with Crippen molar-refractivity contribution in [2.24, 2.45) is 5.73 Å². The molecule has 1 aliphatic rings. The van der Waals surface area contributed by atoms with Crippen molar-refractivity contribution in [3.8, 4) is 5.75 Å². The second-order valence-corrected chi connectivity index (χ2v) is 6.18. The molecule has 2 unspecified atom stereocenters. The van der Waals surface area contributed by atoms with E-state index in [1.807, 2.05) is 0 Å². The smallest absolute Gasteiger partial charge is 0.197 e. The molecule has 2 aromatic rings. The van der Waals surface area contributed by atoms with Crippen LogP contribution in [-0.4, -0.2) is 11.9 Å². The molecular weight excluding hydrogens is 317 g/mol. The molecule has 0 spiro atoms. The fourth-order valence-corrected chi connectivity index (χ4v) is 3.32. The van der Waals surface area contributed by atoms with E-state index in [0.717, 1.165) is 6.42 Å². The van der Waals surface area contributed by atoms with Crippen LogP contribution in [0.5, 0.6) is 5.75 Å². The van der Waals surface area contributed by atoms with Gasteiger partial charge in [0.15, 0.2) is 11.9 Å². The Kier molecular flexibility index (Phi) is 4.37. The van der Waals surface area contributed by atoms with E-state index in [1.165, 1.54) is 12.1 Å². The Morgan fingerprint density at radius 3 is 2.74 bits per heavy atom. The molecule has 1 fully saturated rings. The fraction of sp³-hybridized carbons (Fsp3) is 0.278. The van der Waals surface area contributed by atoms with Gasteiger partial charge in [-0.3, -0.25) is 4.79 Å². The Hall–Kier alpha value is -1.91. The van der Waals surface area contributed by atoms with Crippen LogP contribution in [0.15, 0.2) is 48.5 Å². The molecule has 0 aromatic heterocycles. The van der Waals surface area contributed by atoms with Crippen LogP contribution in [0.1, 0.15) is 24.8 Å². The van der Waals surface area contributed by atoms with Gasteiger partial charge in [-0.25, -0.2) is 4.39 Å². The van der Waals surface area contributed by atoms with Gasteiger partial charge in [0, 0.05) is 11.1 Å². The zero-order valence-electron chi connectivity index (χ0n) is 12.5. The van der Waals surface area contributed by atoms with Crippen LogP contribution in [0, 0.1) is 5.82 Å². The largest absolute Gasteiger partial charge is 0.482 e. The monoisotopic (exact) mass is 333 g/mol. The predicted molar refractivity (Wildman–Crippen MR) is 87.0 cm³/mol. The number of carbonyl (C=O) groups is 1. The summed E-state index contributed by atoms with van der Waals surface area (Å²) in [5, 5.41) is 0.467. The summed E-state index contributed by atoms with van der Waals surface area (Å²) in [4.78, 5) is 12.9. The normalized spacial score (nSPS) is 24.5. The fourth-order valence-electron chi connectivity index (χ4n) is 3.02. The zero-order chi connectivity index (χ0) is 16.4. The first kappa shape index (κ1) is 16.0. The van der Waals surface area contributed by atoms with E-state index in [1.54, 1.807) is 36.4 Å². The van der Waals surface area contributed by atoms with E-state index in [-0.39, 0.29) is 5.78 Å². The van der Waals surface area contributed by atoms with Gasteiger partial charge in [-0.1, -0.05) is 35.9 Å². The average molecular weight is 334 g/mol. The summed E-state index contributed by atoms with van der Waals surface area (Å²) in [6.07, 6.45) is 1.09. The molecule has 0 saturated heterocycles. The van der Waals surface area contributed by atoms with Crippen LogP contribution in [0.4, 0.5) is 4.39 Å². The Balaban J connectivity index is 1.88. The number of ketones is 1. The van der Waals surface area contributed by atoms with Crippen molar-refractivity contribution < 1.29 is 13.9 Å². The third kappa shape index (κ3) is 3.09. The highest BCUT2D eigenvalue weighted by Crippen LogP contribution is 2.37. The lowest BCUT2D eigenvalue weighted by Crippen LogP contribution is -2.54. The topological polar surface area (TPSA) is 52.3 Å². The molecule has 2 aromatic carbocycles. The lowest BCUT2D eigenvalue weighted by molar-refractivity contribution is -0.134. The number of hydrogen-bond acceptors (Lipinski definition) is 3. The molecule has 2 N–H and O–H groups in total. The first-order valence-electron chi connectivity index (χ1n) is 7.51. The Morgan fingerprint density at radius 2 is 2.00 bits per heavy atom. The predicted octanol–water partition coefficient (Wildman–Crippen LogP) is 3.83. The summed E-state index contributed by atoms with van der Waals surface area (Å²) in [6.45, 7) is 0. The molecule has 0 bridgehead atoms. The van der Waals surface area contributed by atoms with E-state index >= 15 is 0 Å². The van der Waals surface area contributed by atoms with Gasteiger partial charge in [0.1, 0.15) is 17.1 Å². The Bertz CT molecular complexity index is 736. The highest BCUT2D eigenvalue weighted by molar-refractivity contribution is 6.31. The molecule has 3 rings (SSSR count). The van der Waals surface area contributed by atoms with E-state index in [9.17, 15) is 9.18 Å². The van der Waals surface area contributed by atoms with Gasteiger partial charge in [-0.2, -0.15) is 0 Å². The molecule has 120 valence electrons. The number of Topliss-reactive ketones (excluding diaryl/α,β-unsaturated/α-hetero) is 1. The average Bonchev–Trinajstić information content (AvgIpc) is 2.52. The highest BCUT2D eigenvalue weighted by Gasteiger charge is 2.45. The van der Waals surface area contributed by atoms with Gasteiger partial charge < -0.3 is 10.5 Å². The zero-order valence-corrected chi connectivity index (χ0v) is 13.2. The van der Waals surface area contributed by atoms with Crippen molar-refractivity contribution in [3.63, 3.8) is 0 Å². The number of carbonyl (C=O) groups excluding carboxylic acids is 1. The van der Waals surface area contributed by atoms with Crippen molar-refractivity contribution in [1.29, 1.82) is 0 Å². The van der Waals surface area contributed by atoms with Crippen LogP contribution in [0.3, 0.4) is 0 Å². The lowest BCUT2D eigenvalue weighted by Gasteiger charge is -2.37. The van der Waals surface area contributed by atoms with Crippen molar-refractivity contribution >= 4 is 17.4 Å². The molecule has 0 heterocycles. The summed E-state index contributed by atoms with van der Waals surface area (Å²) < 4.78 is 19.0. The van der Waals surface area contributed by atoms with E-state index in [4.69, 9.17) is 22.1 Å². The Morgan fingerprint density at radius 1 is 1.22 bits per heavy atom. The number of rotatable bonds is 3. The van der Waals surface area contributed by atoms with E-state index in [0.29, 0.717) is 29.2 Å². The van der Waals surface area contributed by atoms with Gasteiger partial charge >= 0.3 is 0 Å². The summed E-state index contributed by atoms with van der Waals surface area (Å²) in [7, 11) is 0. The van der Waals surface area contributed by atoms with Crippen LogP contribution >= 0.6 is 11.6 Å². The minimum Gasteiger partial charge on any atom is -0.482 e. The van der Waals surface area contributed by atoms with Gasteiger partial charge in [0.05, 0.1) is 0 Å². The second-order valence-electron chi connectivity index (χ2n) is 5.77. The summed E-state index contributed by atoms with van der Waals surface area (Å²) >= 11 is 6.22. The third-order valence-corrected chi connectivity index (χ3v) is 4.53. The highest BCUT2D eigenvalue weighted by atomic mass is 35.5. The number of hydrogen-bond donors (Lipinski definition) is 1. The van der Waals surface area contributed by atoms with Crippen LogP contribution < -0.4 is 10.5 Å². The minimum absolute atomic E-state index is 0.221. The summed E-state index contributed by atoms with van der Waals surface area (Å²) in [6, 6.07) is 12.8. The number of ether oxygens (including phenoxy) is 1. The molecular formula is C18H17ClFNO2. The second kappa shape index (κ2) is 6.30. The molecule has 5 heteroatoms. The first-order valence-corrected chi connectivity index (χ1v) is 7.89. The summed E-state index contributed by atoms with van der Waals surface area (Å²) in [5.41, 5.74) is 5.85. The van der Waals surface area contributed by atoms with Gasteiger partial charge in [0.25, 0.3) is 0 Å². The number of benzene rings is 2. The maximum atomic E-state index is 13.3. The molecule has 2 atom stereocenters. The number of nitrogens with two attached hydrogens (primary N) is 1. The van der Waals surface area contributed by atoms with E-state index in [2.05, 4.69) is 0 Å². The van der Waals surface area contributed by atoms with Crippen LogP contribution in [0.25, 0.3) is 0 Å². The van der Waals surface area contributed by atoms with Gasteiger partial charge in [-0.05, 0) is 43.0 Å². The molecule has 23 heavy (non-hydrogen) atoms. The Labute approximate surface area is 139 Å². The SMILES string of the molecule is NC1(c2ccccc2Cl)CCCC(Oc2cccc(F)c2)C1=O. The maximum Gasteiger partial charge on any atom is 0.197 e. The molecule has 1 aliphatic carbocycles. The standard InChI is InChI=1S/C18H17ClFNO2/c19-15-8-2-1-7-14(15)18(21)10-4-9-16(17(18)22)23-13-6-3-5-12(20)11-13/h1-3,5-8,11,16H,4,9-10,21H2. The third-order valence-electron chi connectivity index (χ3n) is 4.20. The molecule has 0 radical (unpaired) electrons. The molecule has 0 aliphatic heterocycles. The quantitative estimate of drug-likeness (QED) is 0.928. The molecule has 1 saturated carbocycles. The van der Waals surface area contributed by atoms with Gasteiger partial charge in [0.2, 0.25) is 0 Å².